The summed E-state index contributed by atoms with van der Waals surface area (Å²) in [5.41, 5.74) is 1.68. The maximum atomic E-state index is 12.9. The minimum Gasteiger partial charge on any atom is -0.488 e. The number of fused-ring (bicyclic) bond motifs is 1. The number of carbonyl (C=O) groups excluding carboxylic acids is 1. The maximum absolute atomic E-state index is 12.9. The van der Waals surface area contributed by atoms with E-state index in [2.05, 4.69) is 10.2 Å². The molecule has 124 valence electrons. The second-order valence-corrected chi connectivity index (χ2v) is 6.39. The van der Waals surface area contributed by atoms with E-state index in [0.29, 0.717) is 18.7 Å². The van der Waals surface area contributed by atoms with Crippen molar-refractivity contribution in [2.45, 2.75) is 18.8 Å². The third-order valence-corrected chi connectivity index (χ3v) is 4.73. The van der Waals surface area contributed by atoms with Crippen molar-refractivity contribution in [3.63, 3.8) is 0 Å². The van der Waals surface area contributed by atoms with Gasteiger partial charge in [0.1, 0.15) is 24.5 Å². The van der Waals surface area contributed by atoms with E-state index in [1.165, 1.54) is 0 Å². The van der Waals surface area contributed by atoms with Gasteiger partial charge < -0.3 is 14.2 Å². The third-order valence-electron chi connectivity index (χ3n) is 4.73. The Hall–Kier alpha value is -2.63. The second kappa shape index (κ2) is 6.11. The van der Waals surface area contributed by atoms with Crippen LogP contribution in [0.4, 0.5) is 0 Å². The van der Waals surface area contributed by atoms with Gasteiger partial charge in [-0.3, -0.25) is 4.79 Å². The fraction of sp³-hybridized carbons (Fsp3) is 0.389. The zero-order valence-corrected chi connectivity index (χ0v) is 13.7. The van der Waals surface area contributed by atoms with Crippen LogP contribution in [0, 0.1) is 0 Å². The van der Waals surface area contributed by atoms with Crippen LogP contribution in [0.2, 0.25) is 0 Å². The Morgan fingerprint density at radius 3 is 3.04 bits per heavy atom. The highest BCUT2D eigenvalue weighted by molar-refractivity contribution is 5.99. The van der Waals surface area contributed by atoms with E-state index in [1.807, 2.05) is 46.9 Å². The molecule has 24 heavy (non-hydrogen) atoms. The molecule has 2 aliphatic rings. The Bertz CT molecular complexity index is 796. The van der Waals surface area contributed by atoms with Crippen molar-refractivity contribution in [1.82, 2.24) is 19.7 Å². The summed E-state index contributed by atoms with van der Waals surface area (Å²) in [6.07, 6.45) is 5.68. The van der Waals surface area contributed by atoms with Crippen molar-refractivity contribution in [3.05, 3.63) is 47.6 Å². The summed E-state index contributed by atoms with van der Waals surface area (Å²) in [6.45, 7) is 1.80. The number of rotatable bonds is 2. The molecule has 1 aromatic carbocycles. The number of aromatic nitrogens is 3. The number of aryl methyl sites for hydroxylation is 1. The van der Waals surface area contributed by atoms with Gasteiger partial charge in [-0.15, -0.1) is 10.2 Å². The first-order valence-corrected chi connectivity index (χ1v) is 8.28. The Morgan fingerprint density at radius 2 is 2.21 bits per heavy atom. The fourth-order valence-corrected chi connectivity index (χ4v) is 3.48. The summed E-state index contributed by atoms with van der Waals surface area (Å²) in [5.74, 6) is 2.10. The number of para-hydroxylation sites is 1. The molecule has 0 radical (unpaired) electrons. The fourth-order valence-electron chi connectivity index (χ4n) is 3.48. The molecule has 0 bridgehead atoms. The van der Waals surface area contributed by atoms with Gasteiger partial charge in [-0.1, -0.05) is 18.2 Å². The molecule has 4 rings (SSSR count). The van der Waals surface area contributed by atoms with Crippen molar-refractivity contribution in [1.29, 1.82) is 0 Å². The highest BCUT2D eigenvalue weighted by Gasteiger charge is 2.29. The van der Waals surface area contributed by atoms with Gasteiger partial charge in [0.2, 0.25) is 0 Å². The number of ether oxygens (including phenoxy) is 1. The topological polar surface area (TPSA) is 60.2 Å². The van der Waals surface area contributed by atoms with Crippen LogP contribution in [-0.4, -0.2) is 45.3 Å². The van der Waals surface area contributed by atoms with Crippen LogP contribution in [0.15, 0.2) is 36.2 Å². The van der Waals surface area contributed by atoms with Crippen molar-refractivity contribution in [2.75, 3.05) is 19.7 Å². The van der Waals surface area contributed by atoms with E-state index in [1.54, 1.807) is 6.33 Å². The van der Waals surface area contributed by atoms with Crippen molar-refractivity contribution in [2.24, 2.45) is 7.05 Å². The summed E-state index contributed by atoms with van der Waals surface area (Å²) >= 11 is 0. The summed E-state index contributed by atoms with van der Waals surface area (Å²) in [6, 6.07) is 7.80. The maximum Gasteiger partial charge on any atom is 0.253 e. The van der Waals surface area contributed by atoms with Crippen LogP contribution < -0.4 is 4.74 Å². The number of amides is 1. The van der Waals surface area contributed by atoms with Crippen LogP contribution in [-0.2, 0) is 11.8 Å². The van der Waals surface area contributed by atoms with Crippen LogP contribution in [0.1, 0.15) is 30.1 Å². The van der Waals surface area contributed by atoms with Gasteiger partial charge in [0, 0.05) is 31.6 Å². The lowest BCUT2D eigenvalue weighted by Crippen LogP contribution is -2.41. The number of hydrogen-bond acceptors (Lipinski definition) is 4. The van der Waals surface area contributed by atoms with Crippen LogP contribution in [0.25, 0.3) is 6.08 Å². The molecular weight excluding hydrogens is 304 g/mol. The van der Waals surface area contributed by atoms with E-state index in [9.17, 15) is 4.79 Å². The molecule has 1 saturated heterocycles. The Labute approximate surface area is 140 Å². The van der Waals surface area contributed by atoms with E-state index in [0.717, 1.165) is 36.5 Å². The van der Waals surface area contributed by atoms with Gasteiger partial charge in [0.25, 0.3) is 5.91 Å². The Morgan fingerprint density at radius 1 is 1.33 bits per heavy atom. The number of piperidine rings is 1. The first-order valence-electron chi connectivity index (χ1n) is 8.28. The van der Waals surface area contributed by atoms with E-state index in [-0.39, 0.29) is 11.8 Å². The minimum atomic E-state index is 0.0661. The molecule has 0 unspecified atom stereocenters. The average molecular weight is 324 g/mol. The SMILES string of the molecule is Cn1cnnc1[C@@H]1CCCN(C(=O)C2=Cc3ccccc3OC2)C1. The Balaban J connectivity index is 1.53. The largest absolute Gasteiger partial charge is 0.488 e. The molecule has 0 saturated carbocycles. The lowest BCUT2D eigenvalue weighted by atomic mass is 9.96. The molecule has 2 aromatic rings. The summed E-state index contributed by atoms with van der Waals surface area (Å²) in [5, 5.41) is 8.17. The molecule has 6 nitrogen and oxygen atoms in total. The molecule has 1 amide bonds. The molecule has 2 aliphatic heterocycles. The van der Waals surface area contributed by atoms with Gasteiger partial charge in [0.15, 0.2) is 0 Å². The van der Waals surface area contributed by atoms with Crippen molar-refractivity contribution in [3.8, 4) is 5.75 Å². The number of nitrogens with zero attached hydrogens (tertiary/aromatic N) is 4. The van der Waals surface area contributed by atoms with Crippen molar-refractivity contribution < 1.29 is 9.53 Å². The summed E-state index contributed by atoms with van der Waals surface area (Å²) in [4.78, 5) is 14.8. The normalized spacial score (nSPS) is 20.1. The van der Waals surface area contributed by atoms with Gasteiger partial charge in [-0.25, -0.2) is 0 Å². The molecule has 0 aliphatic carbocycles. The standard InChI is InChI=1S/C18H20N4O2/c1-21-12-19-20-17(21)14-6-4-8-22(10-14)18(23)15-9-13-5-2-3-7-16(13)24-11-15/h2-3,5,7,9,12,14H,4,6,8,10-11H2,1H3/t14-/m1/s1. The predicted octanol–water partition coefficient (Wildman–Crippen LogP) is 2.00. The molecular formula is C18H20N4O2. The number of benzene rings is 1. The predicted molar refractivity (Wildman–Crippen MR) is 89.5 cm³/mol. The highest BCUT2D eigenvalue weighted by Crippen LogP contribution is 2.29. The molecule has 1 aromatic heterocycles. The van der Waals surface area contributed by atoms with Crippen LogP contribution in [0.5, 0.6) is 5.75 Å². The first-order chi connectivity index (χ1) is 11.7. The van der Waals surface area contributed by atoms with Gasteiger partial charge in [-0.2, -0.15) is 0 Å². The van der Waals surface area contributed by atoms with Gasteiger partial charge in [0.05, 0.1) is 5.57 Å². The van der Waals surface area contributed by atoms with E-state index < -0.39 is 0 Å². The zero-order chi connectivity index (χ0) is 16.5. The van der Waals surface area contributed by atoms with E-state index in [4.69, 9.17) is 4.74 Å². The van der Waals surface area contributed by atoms with Crippen molar-refractivity contribution >= 4 is 12.0 Å². The minimum absolute atomic E-state index is 0.0661. The molecule has 0 spiro atoms. The molecule has 1 atom stereocenters. The van der Waals surface area contributed by atoms with Crippen LogP contribution >= 0.6 is 0 Å². The van der Waals surface area contributed by atoms with Gasteiger partial charge >= 0.3 is 0 Å². The Kier molecular flexibility index (Phi) is 3.80. The quantitative estimate of drug-likeness (QED) is 0.848. The lowest BCUT2D eigenvalue weighted by molar-refractivity contribution is -0.128. The molecule has 3 heterocycles. The van der Waals surface area contributed by atoms with E-state index >= 15 is 0 Å². The summed E-state index contributed by atoms with van der Waals surface area (Å²) in [7, 11) is 1.95. The van der Waals surface area contributed by atoms with Gasteiger partial charge in [-0.05, 0) is 25.0 Å². The molecule has 1 fully saturated rings. The molecule has 6 heteroatoms. The first kappa shape index (κ1) is 14.9. The average Bonchev–Trinajstić information content (AvgIpc) is 3.07. The molecule has 0 N–H and O–H groups in total. The zero-order valence-electron chi connectivity index (χ0n) is 13.7. The number of hydrogen-bond donors (Lipinski definition) is 0. The highest BCUT2D eigenvalue weighted by atomic mass is 16.5. The third kappa shape index (κ3) is 2.68. The number of likely N-dealkylation sites (tertiary alicyclic amines) is 1. The monoisotopic (exact) mass is 324 g/mol. The lowest BCUT2D eigenvalue weighted by Gasteiger charge is -2.33. The number of carbonyl (C=O) groups is 1. The second-order valence-electron chi connectivity index (χ2n) is 6.39. The van der Waals surface area contributed by atoms with Crippen LogP contribution in [0.3, 0.4) is 0 Å². The summed E-state index contributed by atoms with van der Waals surface area (Å²) < 4.78 is 7.67. The smallest absolute Gasteiger partial charge is 0.253 e.